The third-order valence-corrected chi connectivity index (χ3v) is 4.56. The van der Waals surface area contributed by atoms with Gasteiger partial charge in [-0.2, -0.15) is 11.8 Å². The first-order valence-electron chi connectivity index (χ1n) is 9.34. The molecule has 0 fully saturated rings. The predicted molar refractivity (Wildman–Crippen MR) is 124 cm³/mol. The molecule has 1 atom stereocenters. The Bertz CT molecular complexity index is 575. The maximum Gasteiger partial charge on any atom is 0.573 e. The van der Waals surface area contributed by atoms with E-state index in [1.54, 1.807) is 12.1 Å². The molecule has 3 N–H and O–H groups in total. The summed E-state index contributed by atoms with van der Waals surface area (Å²) in [6.07, 6.45) is 0.0983. The van der Waals surface area contributed by atoms with Crippen LogP contribution < -0.4 is 15.4 Å². The van der Waals surface area contributed by atoms with Gasteiger partial charge in [-0.3, -0.25) is 4.99 Å². The number of thioether (sulfide) groups is 1. The lowest BCUT2D eigenvalue weighted by Crippen LogP contribution is -2.38. The highest BCUT2D eigenvalue weighted by Gasteiger charge is 2.30. The minimum atomic E-state index is -4.70. The summed E-state index contributed by atoms with van der Waals surface area (Å²) in [7, 11) is 0. The molecule has 0 spiro atoms. The highest BCUT2D eigenvalue weighted by Crippen LogP contribution is 2.23. The van der Waals surface area contributed by atoms with Gasteiger partial charge in [-0.1, -0.05) is 12.1 Å². The van der Waals surface area contributed by atoms with Gasteiger partial charge in [-0.15, -0.1) is 37.1 Å². The molecule has 0 radical (unpaired) electrons. The molecule has 0 aromatic heterocycles. The molecule has 0 aliphatic carbocycles. The Kier molecular flexibility index (Phi) is 15.4. The molecule has 1 unspecified atom stereocenters. The number of guanidine groups is 1. The quantitative estimate of drug-likeness (QED) is 0.159. The van der Waals surface area contributed by atoms with Gasteiger partial charge in [-0.05, 0) is 55.9 Å². The summed E-state index contributed by atoms with van der Waals surface area (Å²) < 4.78 is 40.5. The van der Waals surface area contributed by atoms with Crippen LogP contribution in [0, 0.1) is 5.92 Å². The van der Waals surface area contributed by atoms with Crippen LogP contribution in [0.25, 0.3) is 0 Å². The number of hydrogen-bond acceptors (Lipinski definition) is 4. The van der Waals surface area contributed by atoms with Gasteiger partial charge in [0.1, 0.15) is 5.75 Å². The first-order valence-corrected chi connectivity index (χ1v) is 10.7. The first kappa shape index (κ1) is 28.1. The molecule has 5 nitrogen and oxygen atoms in total. The van der Waals surface area contributed by atoms with E-state index in [9.17, 15) is 18.3 Å². The van der Waals surface area contributed by atoms with Crippen molar-refractivity contribution in [3.05, 3.63) is 29.8 Å². The molecule has 0 saturated carbocycles. The number of aliphatic hydroxyl groups is 1. The maximum absolute atomic E-state index is 12.2. The van der Waals surface area contributed by atoms with E-state index < -0.39 is 6.36 Å². The number of unbranched alkanes of at least 4 members (excludes halogenated alkanes) is 1. The van der Waals surface area contributed by atoms with E-state index in [1.165, 1.54) is 12.1 Å². The fourth-order valence-corrected chi connectivity index (χ4v) is 2.98. The van der Waals surface area contributed by atoms with E-state index in [-0.39, 0.29) is 42.3 Å². The fourth-order valence-electron chi connectivity index (χ4n) is 2.49. The molecule has 10 heteroatoms. The van der Waals surface area contributed by atoms with E-state index in [0.29, 0.717) is 18.9 Å². The van der Waals surface area contributed by atoms with Gasteiger partial charge in [0.05, 0.1) is 0 Å². The number of benzene rings is 1. The number of nitrogens with one attached hydrogen (secondary N) is 2. The van der Waals surface area contributed by atoms with E-state index in [1.807, 2.05) is 18.7 Å². The van der Waals surface area contributed by atoms with E-state index in [2.05, 4.69) is 26.6 Å². The van der Waals surface area contributed by atoms with Gasteiger partial charge < -0.3 is 20.5 Å². The van der Waals surface area contributed by atoms with Crippen molar-refractivity contribution in [3.8, 4) is 5.75 Å². The molecule has 0 saturated heterocycles. The van der Waals surface area contributed by atoms with Crippen molar-refractivity contribution in [2.45, 2.75) is 32.5 Å². The number of aliphatic imine (C=N–C) groups is 1. The lowest BCUT2D eigenvalue weighted by Gasteiger charge is -2.15. The average Bonchev–Trinajstić information content (AvgIpc) is 2.64. The lowest BCUT2D eigenvalue weighted by molar-refractivity contribution is -0.274. The number of aliphatic hydroxyl groups excluding tert-OH is 1. The number of hydrogen-bond donors (Lipinski definition) is 3. The van der Waals surface area contributed by atoms with Crippen molar-refractivity contribution in [1.82, 2.24) is 10.6 Å². The van der Waals surface area contributed by atoms with Crippen LogP contribution in [0.5, 0.6) is 5.75 Å². The number of halogens is 4. The second-order valence-electron chi connectivity index (χ2n) is 6.29. The van der Waals surface area contributed by atoms with E-state index in [4.69, 9.17) is 0 Å². The van der Waals surface area contributed by atoms with Crippen LogP contribution in [0.4, 0.5) is 13.2 Å². The molecule has 168 valence electrons. The lowest BCUT2D eigenvalue weighted by atomic mass is 10.0. The molecule has 0 bridgehead atoms. The Morgan fingerprint density at radius 1 is 1.21 bits per heavy atom. The van der Waals surface area contributed by atoms with Gasteiger partial charge in [0.2, 0.25) is 0 Å². The second-order valence-corrected chi connectivity index (χ2v) is 7.28. The van der Waals surface area contributed by atoms with Crippen molar-refractivity contribution in [2.24, 2.45) is 10.9 Å². The number of nitrogens with zero attached hydrogens (tertiary/aromatic N) is 1. The molecule has 0 amide bonds. The predicted octanol–water partition coefficient (Wildman–Crippen LogP) is 4.05. The Morgan fingerprint density at radius 2 is 1.90 bits per heavy atom. The second kappa shape index (κ2) is 15.9. The summed E-state index contributed by atoms with van der Waals surface area (Å²) in [6.45, 7) is 3.91. The molecular weight excluding hydrogens is 518 g/mol. The fraction of sp³-hybridized carbons (Fsp3) is 0.632. The molecule has 1 rings (SSSR count). The zero-order valence-electron chi connectivity index (χ0n) is 16.8. The van der Waals surface area contributed by atoms with Crippen molar-refractivity contribution >= 4 is 41.7 Å². The van der Waals surface area contributed by atoms with Crippen molar-refractivity contribution < 1.29 is 23.0 Å². The van der Waals surface area contributed by atoms with Crippen LogP contribution in [0.15, 0.2) is 29.3 Å². The van der Waals surface area contributed by atoms with Crippen LogP contribution in [-0.2, 0) is 6.42 Å². The normalized spacial score (nSPS) is 12.8. The van der Waals surface area contributed by atoms with E-state index in [0.717, 1.165) is 37.2 Å². The van der Waals surface area contributed by atoms with Crippen LogP contribution in [0.2, 0.25) is 0 Å². The first-order chi connectivity index (χ1) is 13.4. The maximum atomic E-state index is 12.2. The highest BCUT2D eigenvalue weighted by atomic mass is 127. The molecule has 0 heterocycles. The van der Waals surface area contributed by atoms with E-state index >= 15 is 0 Å². The van der Waals surface area contributed by atoms with Gasteiger partial charge in [0.15, 0.2) is 5.96 Å². The molecule has 1 aromatic carbocycles. The van der Waals surface area contributed by atoms with Gasteiger partial charge in [-0.25, -0.2) is 0 Å². The monoisotopic (exact) mass is 549 g/mol. The van der Waals surface area contributed by atoms with Gasteiger partial charge in [0.25, 0.3) is 0 Å². The summed E-state index contributed by atoms with van der Waals surface area (Å²) >= 11 is 1.83. The van der Waals surface area contributed by atoms with Gasteiger partial charge in [0, 0.05) is 32.2 Å². The number of ether oxygens (including phenoxy) is 1. The number of rotatable bonds is 12. The highest BCUT2D eigenvalue weighted by molar-refractivity contribution is 14.0. The van der Waals surface area contributed by atoms with Crippen LogP contribution in [-0.4, -0.2) is 55.7 Å². The minimum Gasteiger partial charge on any atom is -0.406 e. The number of alkyl halides is 3. The van der Waals surface area contributed by atoms with Crippen molar-refractivity contribution in [2.75, 3.05) is 38.2 Å². The van der Waals surface area contributed by atoms with Crippen LogP contribution in [0.1, 0.15) is 25.3 Å². The molecule has 0 aliphatic heterocycles. The third kappa shape index (κ3) is 13.9. The topological polar surface area (TPSA) is 65.9 Å². The summed E-state index contributed by atoms with van der Waals surface area (Å²) in [5.41, 5.74) is 0.818. The Hall–Kier alpha value is -0.880. The summed E-state index contributed by atoms with van der Waals surface area (Å²) in [4.78, 5) is 4.52. The molecular formula is C19H31F3IN3O2S. The minimum absolute atomic E-state index is 0. The van der Waals surface area contributed by atoms with Crippen LogP contribution in [0.3, 0.4) is 0 Å². The van der Waals surface area contributed by atoms with Crippen LogP contribution >= 0.6 is 35.7 Å². The summed E-state index contributed by atoms with van der Waals surface area (Å²) in [6, 6.07) is 5.70. The molecule has 1 aromatic rings. The van der Waals surface area contributed by atoms with Crippen molar-refractivity contribution in [1.29, 1.82) is 0 Å². The Morgan fingerprint density at radius 3 is 2.45 bits per heavy atom. The Balaban J connectivity index is 0.00000784. The third-order valence-electron chi connectivity index (χ3n) is 3.86. The largest absolute Gasteiger partial charge is 0.573 e. The molecule has 0 aliphatic rings. The summed E-state index contributed by atoms with van der Waals surface area (Å²) in [5, 5.41) is 16.1. The van der Waals surface area contributed by atoms with Gasteiger partial charge >= 0.3 is 6.36 Å². The Labute approximate surface area is 192 Å². The zero-order valence-corrected chi connectivity index (χ0v) is 19.9. The van der Waals surface area contributed by atoms with Crippen molar-refractivity contribution in [3.63, 3.8) is 0 Å². The SMILES string of the molecule is CCNC(=NCC(CO)Cc1ccc(OC(F)(F)F)cc1)NCCCCSC.I. The molecule has 29 heavy (non-hydrogen) atoms. The average molecular weight is 549 g/mol. The smallest absolute Gasteiger partial charge is 0.406 e. The summed E-state index contributed by atoms with van der Waals surface area (Å²) in [5.74, 6) is 1.46. The zero-order chi connectivity index (χ0) is 20.8. The standard InChI is InChI=1S/C19H30F3N3O2S.HI/c1-3-23-18(24-10-4-5-11-28-2)25-13-16(14-26)12-15-6-8-17(9-7-15)27-19(20,21)22;/h6-9,16,26H,3-5,10-14H2,1-2H3,(H2,23,24,25);1H.